The first-order valence-electron chi connectivity index (χ1n) is 9.01. The normalized spacial score (nSPS) is 10.3. The summed E-state index contributed by atoms with van der Waals surface area (Å²) in [4.78, 5) is 16.5. The molecule has 1 heterocycles. The summed E-state index contributed by atoms with van der Waals surface area (Å²) in [5.74, 6) is 0.696. The molecule has 3 aromatic rings. The molecule has 5 heteroatoms. The van der Waals surface area contributed by atoms with Crippen molar-refractivity contribution in [2.45, 2.75) is 13.3 Å². The Kier molecular flexibility index (Phi) is 6.41. The van der Waals surface area contributed by atoms with Gasteiger partial charge >= 0.3 is 0 Å². The largest absolute Gasteiger partial charge is 0.494 e. The number of hydrogen-bond donors (Lipinski definition) is 2. The number of rotatable bonds is 8. The van der Waals surface area contributed by atoms with E-state index in [1.54, 1.807) is 18.5 Å². The van der Waals surface area contributed by atoms with Gasteiger partial charge in [0.1, 0.15) is 5.75 Å². The van der Waals surface area contributed by atoms with Gasteiger partial charge in [0, 0.05) is 18.4 Å². The van der Waals surface area contributed by atoms with Gasteiger partial charge in [-0.2, -0.15) is 0 Å². The Morgan fingerprint density at radius 3 is 2.52 bits per heavy atom. The molecule has 138 valence electrons. The molecule has 0 bridgehead atoms. The number of amides is 1. The van der Waals surface area contributed by atoms with Crippen LogP contribution in [0.4, 0.5) is 11.4 Å². The Morgan fingerprint density at radius 1 is 1.00 bits per heavy atom. The van der Waals surface area contributed by atoms with Gasteiger partial charge in [0.25, 0.3) is 5.91 Å². The SMILES string of the molecule is CCOc1ccc(Nc2cncc(C(=O)NCCc3ccccc3)c2)cc1. The molecule has 2 N–H and O–H groups in total. The van der Waals surface area contributed by atoms with Crippen molar-refractivity contribution in [3.63, 3.8) is 0 Å². The van der Waals surface area contributed by atoms with Crippen molar-refractivity contribution in [1.29, 1.82) is 0 Å². The summed E-state index contributed by atoms with van der Waals surface area (Å²) in [5, 5.41) is 6.19. The second-order valence-corrected chi connectivity index (χ2v) is 6.04. The summed E-state index contributed by atoms with van der Waals surface area (Å²) in [5.41, 5.74) is 3.39. The highest BCUT2D eigenvalue weighted by atomic mass is 16.5. The molecule has 0 radical (unpaired) electrons. The lowest BCUT2D eigenvalue weighted by atomic mass is 10.1. The van der Waals surface area contributed by atoms with E-state index in [-0.39, 0.29) is 5.91 Å². The highest BCUT2D eigenvalue weighted by molar-refractivity contribution is 5.94. The van der Waals surface area contributed by atoms with E-state index >= 15 is 0 Å². The van der Waals surface area contributed by atoms with Crippen molar-refractivity contribution in [2.75, 3.05) is 18.5 Å². The standard InChI is InChI=1S/C22H23N3O2/c1-2-27-21-10-8-19(9-11-21)25-20-14-18(15-23-16-20)22(26)24-13-12-17-6-4-3-5-7-17/h3-11,14-16,25H,2,12-13H2,1H3,(H,24,26). The van der Waals surface area contributed by atoms with Gasteiger partial charge in [0.05, 0.1) is 24.1 Å². The molecule has 0 spiro atoms. The Balaban J connectivity index is 1.56. The molecule has 0 aliphatic carbocycles. The van der Waals surface area contributed by atoms with Gasteiger partial charge in [-0.25, -0.2) is 0 Å². The van der Waals surface area contributed by atoms with E-state index in [1.807, 2.05) is 49.4 Å². The molecular formula is C22H23N3O2. The maximum atomic E-state index is 12.4. The summed E-state index contributed by atoms with van der Waals surface area (Å²) in [6, 6.07) is 19.5. The molecule has 0 aliphatic heterocycles. The van der Waals surface area contributed by atoms with Crippen LogP contribution in [-0.2, 0) is 6.42 Å². The molecule has 0 atom stereocenters. The molecule has 1 aromatic heterocycles. The predicted octanol–water partition coefficient (Wildman–Crippen LogP) is 4.20. The fraction of sp³-hybridized carbons (Fsp3) is 0.182. The second-order valence-electron chi connectivity index (χ2n) is 6.04. The van der Waals surface area contributed by atoms with Crippen molar-refractivity contribution < 1.29 is 9.53 Å². The number of ether oxygens (including phenoxy) is 1. The van der Waals surface area contributed by atoms with Crippen LogP contribution in [-0.4, -0.2) is 24.0 Å². The van der Waals surface area contributed by atoms with Gasteiger partial charge < -0.3 is 15.4 Å². The quantitative estimate of drug-likeness (QED) is 0.631. The van der Waals surface area contributed by atoms with Crippen LogP contribution in [0.15, 0.2) is 73.1 Å². The Bertz CT molecular complexity index is 864. The van der Waals surface area contributed by atoms with Crippen molar-refractivity contribution >= 4 is 17.3 Å². The molecule has 0 saturated carbocycles. The number of carbonyl (C=O) groups excluding carboxylic acids is 1. The lowest BCUT2D eigenvalue weighted by Gasteiger charge is -2.10. The number of benzene rings is 2. The second kappa shape index (κ2) is 9.38. The number of nitrogens with zero attached hydrogens (tertiary/aromatic N) is 1. The van der Waals surface area contributed by atoms with E-state index in [0.717, 1.165) is 23.5 Å². The van der Waals surface area contributed by atoms with Crippen molar-refractivity contribution in [3.05, 3.63) is 84.2 Å². The molecule has 27 heavy (non-hydrogen) atoms. The third-order valence-corrected chi connectivity index (χ3v) is 4.00. The number of aromatic nitrogens is 1. The molecule has 2 aromatic carbocycles. The molecule has 3 rings (SSSR count). The van der Waals surface area contributed by atoms with Crippen molar-refractivity contribution in [1.82, 2.24) is 10.3 Å². The molecule has 0 aliphatic rings. The smallest absolute Gasteiger partial charge is 0.252 e. The summed E-state index contributed by atoms with van der Waals surface area (Å²) in [6.45, 7) is 3.17. The zero-order chi connectivity index (χ0) is 18.9. The van der Waals surface area contributed by atoms with Gasteiger partial charge in [-0.1, -0.05) is 30.3 Å². The highest BCUT2D eigenvalue weighted by Gasteiger charge is 2.07. The number of hydrogen-bond acceptors (Lipinski definition) is 4. The monoisotopic (exact) mass is 361 g/mol. The number of anilines is 2. The summed E-state index contributed by atoms with van der Waals surface area (Å²) < 4.78 is 5.44. The zero-order valence-corrected chi connectivity index (χ0v) is 15.3. The highest BCUT2D eigenvalue weighted by Crippen LogP contribution is 2.20. The van der Waals surface area contributed by atoms with Crippen molar-refractivity contribution in [2.24, 2.45) is 0 Å². The van der Waals surface area contributed by atoms with Gasteiger partial charge in [-0.3, -0.25) is 9.78 Å². The lowest BCUT2D eigenvalue weighted by molar-refractivity contribution is 0.0954. The van der Waals surface area contributed by atoms with E-state index in [4.69, 9.17) is 4.74 Å². The van der Waals surface area contributed by atoms with Crippen molar-refractivity contribution in [3.8, 4) is 5.75 Å². The van der Waals surface area contributed by atoms with E-state index in [2.05, 4.69) is 27.8 Å². The van der Waals surface area contributed by atoms with E-state index in [0.29, 0.717) is 18.7 Å². The minimum Gasteiger partial charge on any atom is -0.494 e. The molecular weight excluding hydrogens is 338 g/mol. The first-order valence-corrected chi connectivity index (χ1v) is 9.01. The number of carbonyl (C=O) groups is 1. The summed E-state index contributed by atoms with van der Waals surface area (Å²) in [6.07, 6.45) is 4.06. The third kappa shape index (κ3) is 5.57. The first-order chi connectivity index (χ1) is 13.2. The Morgan fingerprint density at radius 2 is 1.78 bits per heavy atom. The first kappa shape index (κ1) is 18.5. The van der Waals surface area contributed by atoms with Crippen LogP contribution in [0.5, 0.6) is 5.75 Å². The maximum absolute atomic E-state index is 12.4. The van der Waals surface area contributed by atoms with E-state index in [1.165, 1.54) is 5.56 Å². The molecule has 5 nitrogen and oxygen atoms in total. The molecule has 0 saturated heterocycles. The van der Waals surface area contributed by atoms with E-state index in [9.17, 15) is 4.79 Å². The number of nitrogens with one attached hydrogen (secondary N) is 2. The minimum atomic E-state index is -0.131. The Hall–Kier alpha value is -3.34. The van der Waals surface area contributed by atoms with Crippen LogP contribution in [0, 0.1) is 0 Å². The van der Waals surface area contributed by atoms with Gasteiger partial charge in [-0.15, -0.1) is 0 Å². The van der Waals surface area contributed by atoms with Gasteiger partial charge in [0.15, 0.2) is 0 Å². The maximum Gasteiger partial charge on any atom is 0.252 e. The van der Waals surface area contributed by atoms with Crippen LogP contribution < -0.4 is 15.4 Å². The third-order valence-electron chi connectivity index (χ3n) is 4.00. The molecule has 1 amide bonds. The topological polar surface area (TPSA) is 63.2 Å². The number of pyridine rings is 1. The average molecular weight is 361 g/mol. The summed E-state index contributed by atoms with van der Waals surface area (Å²) >= 11 is 0. The van der Waals surface area contributed by atoms with Crippen LogP contribution in [0.2, 0.25) is 0 Å². The van der Waals surface area contributed by atoms with Crippen LogP contribution in [0.3, 0.4) is 0 Å². The minimum absolute atomic E-state index is 0.131. The lowest BCUT2D eigenvalue weighted by Crippen LogP contribution is -2.25. The fourth-order valence-electron chi connectivity index (χ4n) is 2.67. The Labute approximate surface area is 159 Å². The van der Waals surface area contributed by atoms with Gasteiger partial charge in [0.2, 0.25) is 0 Å². The van der Waals surface area contributed by atoms with Gasteiger partial charge in [-0.05, 0) is 49.2 Å². The summed E-state index contributed by atoms with van der Waals surface area (Å²) in [7, 11) is 0. The van der Waals surface area contributed by atoms with Crippen LogP contribution in [0.25, 0.3) is 0 Å². The van der Waals surface area contributed by atoms with Crippen LogP contribution in [0.1, 0.15) is 22.8 Å². The molecule has 0 unspecified atom stereocenters. The zero-order valence-electron chi connectivity index (χ0n) is 15.3. The molecule has 0 fully saturated rings. The average Bonchev–Trinajstić information content (AvgIpc) is 2.71. The van der Waals surface area contributed by atoms with Crippen LogP contribution >= 0.6 is 0 Å². The fourth-order valence-corrected chi connectivity index (χ4v) is 2.67. The predicted molar refractivity (Wildman–Crippen MR) is 108 cm³/mol. The van der Waals surface area contributed by atoms with E-state index < -0.39 is 0 Å².